The SMILES string of the molecule is COc1ccc(S(=O)(=O)N[C@H](C)C(=O)Nc2ccccc2F)cc1. The number of para-hydroxylation sites is 1. The van der Waals surface area contributed by atoms with Crippen molar-refractivity contribution in [1.29, 1.82) is 0 Å². The number of rotatable bonds is 6. The van der Waals surface area contributed by atoms with Gasteiger partial charge in [-0.1, -0.05) is 12.1 Å². The summed E-state index contributed by atoms with van der Waals surface area (Å²) < 4.78 is 45.3. The molecule has 1 amide bonds. The number of ether oxygens (including phenoxy) is 1. The van der Waals surface area contributed by atoms with Crippen LogP contribution in [0.4, 0.5) is 10.1 Å². The fraction of sp³-hybridized carbons (Fsp3) is 0.188. The number of amides is 1. The number of hydrogen-bond donors (Lipinski definition) is 2. The predicted molar refractivity (Wildman–Crippen MR) is 87.8 cm³/mol. The number of nitrogens with one attached hydrogen (secondary N) is 2. The molecule has 2 aromatic rings. The minimum absolute atomic E-state index is 0.00570. The van der Waals surface area contributed by atoms with E-state index in [1.807, 2.05) is 0 Å². The summed E-state index contributed by atoms with van der Waals surface area (Å²) in [5, 5.41) is 2.34. The lowest BCUT2D eigenvalue weighted by Gasteiger charge is -2.15. The minimum atomic E-state index is -3.89. The third-order valence-electron chi connectivity index (χ3n) is 3.23. The molecule has 0 saturated heterocycles. The lowest BCUT2D eigenvalue weighted by Crippen LogP contribution is -2.41. The van der Waals surface area contributed by atoms with Crippen molar-refractivity contribution < 1.29 is 22.3 Å². The average molecular weight is 352 g/mol. The molecular formula is C16H17FN2O4S. The van der Waals surface area contributed by atoms with Gasteiger partial charge in [-0.05, 0) is 43.3 Å². The quantitative estimate of drug-likeness (QED) is 0.834. The van der Waals surface area contributed by atoms with Gasteiger partial charge in [-0.15, -0.1) is 0 Å². The van der Waals surface area contributed by atoms with Gasteiger partial charge in [-0.25, -0.2) is 12.8 Å². The first-order valence-corrected chi connectivity index (χ1v) is 8.53. The molecule has 0 heterocycles. The molecule has 0 spiro atoms. The first kappa shape index (κ1) is 17.9. The van der Waals surface area contributed by atoms with Gasteiger partial charge < -0.3 is 10.1 Å². The van der Waals surface area contributed by atoms with Gasteiger partial charge in [0, 0.05) is 0 Å². The van der Waals surface area contributed by atoms with Crippen molar-refractivity contribution in [2.75, 3.05) is 12.4 Å². The fourth-order valence-corrected chi connectivity index (χ4v) is 3.12. The predicted octanol–water partition coefficient (Wildman–Crippen LogP) is 2.14. The Labute approximate surface area is 139 Å². The Morgan fingerprint density at radius 1 is 1.12 bits per heavy atom. The molecule has 24 heavy (non-hydrogen) atoms. The molecule has 6 nitrogen and oxygen atoms in total. The van der Waals surface area contributed by atoms with E-state index in [2.05, 4.69) is 10.0 Å². The summed E-state index contributed by atoms with van der Waals surface area (Å²) in [4.78, 5) is 12.0. The van der Waals surface area contributed by atoms with Crippen LogP contribution < -0.4 is 14.8 Å². The molecule has 0 saturated carbocycles. The number of carbonyl (C=O) groups is 1. The fourth-order valence-electron chi connectivity index (χ4n) is 1.91. The van der Waals surface area contributed by atoms with Crippen LogP contribution in [-0.2, 0) is 14.8 Å². The zero-order valence-electron chi connectivity index (χ0n) is 13.1. The summed E-state index contributed by atoms with van der Waals surface area (Å²) >= 11 is 0. The van der Waals surface area contributed by atoms with Crippen molar-refractivity contribution in [2.24, 2.45) is 0 Å². The number of carbonyl (C=O) groups excluding carboxylic acids is 1. The Hall–Kier alpha value is -2.45. The zero-order valence-corrected chi connectivity index (χ0v) is 13.9. The van der Waals surface area contributed by atoms with E-state index in [-0.39, 0.29) is 10.6 Å². The number of anilines is 1. The highest BCUT2D eigenvalue weighted by molar-refractivity contribution is 7.89. The molecular weight excluding hydrogens is 335 g/mol. The third-order valence-corrected chi connectivity index (χ3v) is 4.78. The first-order chi connectivity index (χ1) is 11.3. The van der Waals surface area contributed by atoms with E-state index in [4.69, 9.17) is 4.74 Å². The summed E-state index contributed by atoms with van der Waals surface area (Å²) in [6.45, 7) is 1.37. The van der Waals surface area contributed by atoms with Crippen molar-refractivity contribution >= 4 is 21.6 Å². The lowest BCUT2D eigenvalue weighted by molar-refractivity contribution is -0.117. The van der Waals surface area contributed by atoms with Crippen LogP contribution in [0.3, 0.4) is 0 Å². The summed E-state index contributed by atoms with van der Waals surface area (Å²) in [6.07, 6.45) is 0. The highest BCUT2D eigenvalue weighted by Gasteiger charge is 2.22. The molecule has 1 atom stereocenters. The smallest absolute Gasteiger partial charge is 0.242 e. The standard InChI is InChI=1S/C16H17FN2O4S/c1-11(16(20)18-15-6-4-3-5-14(15)17)19-24(21,22)13-9-7-12(23-2)8-10-13/h3-11,19H,1-2H3,(H,18,20)/t11-/m1/s1. The van der Waals surface area contributed by atoms with Crippen LogP contribution in [-0.4, -0.2) is 27.5 Å². The molecule has 0 aliphatic rings. The van der Waals surface area contributed by atoms with E-state index in [9.17, 15) is 17.6 Å². The molecule has 0 radical (unpaired) electrons. The van der Waals surface area contributed by atoms with Crippen LogP contribution in [0.2, 0.25) is 0 Å². The van der Waals surface area contributed by atoms with Gasteiger partial charge in [-0.3, -0.25) is 4.79 Å². The summed E-state index contributed by atoms with van der Waals surface area (Å²) in [5.74, 6) is -0.757. The van der Waals surface area contributed by atoms with E-state index in [1.54, 1.807) is 6.07 Å². The van der Waals surface area contributed by atoms with E-state index in [0.717, 1.165) is 0 Å². The maximum absolute atomic E-state index is 13.5. The molecule has 8 heteroatoms. The van der Waals surface area contributed by atoms with Crippen LogP contribution in [0.15, 0.2) is 53.4 Å². The normalized spacial score (nSPS) is 12.5. The highest BCUT2D eigenvalue weighted by atomic mass is 32.2. The van der Waals surface area contributed by atoms with Gasteiger partial charge in [0.1, 0.15) is 11.6 Å². The summed E-state index contributed by atoms with van der Waals surface area (Å²) in [7, 11) is -2.42. The zero-order chi connectivity index (χ0) is 17.7. The monoisotopic (exact) mass is 352 g/mol. The molecule has 0 aromatic heterocycles. The van der Waals surface area contributed by atoms with Gasteiger partial charge in [0.25, 0.3) is 0 Å². The van der Waals surface area contributed by atoms with Crippen LogP contribution in [0.1, 0.15) is 6.92 Å². The Kier molecular flexibility index (Phi) is 5.53. The number of halogens is 1. The number of hydrogen-bond acceptors (Lipinski definition) is 4. The van der Waals surface area contributed by atoms with Crippen molar-refractivity contribution in [2.45, 2.75) is 17.9 Å². The topological polar surface area (TPSA) is 84.5 Å². The van der Waals surface area contributed by atoms with Crippen molar-refractivity contribution in [3.8, 4) is 5.75 Å². The van der Waals surface area contributed by atoms with Crippen LogP contribution in [0.5, 0.6) is 5.75 Å². The van der Waals surface area contributed by atoms with E-state index >= 15 is 0 Å². The Balaban J connectivity index is 2.08. The summed E-state index contributed by atoms with van der Waals surface area (Å²) in [5.41, 5.74) is -0.0157. The molecule has 2 aromatic carbocycles. The molecule has 2 rings (SSSR count). The molecule has 2 N–H and O–H groups in total. The lowest BCUT2D eigenvalue weighted by atomic mass is 10.2. The highest BCUT2D eigenvalue weighted by Crippen LogP contribution is 2.16. The molecule has 0 fully saturated rings. The average Bonchev–Trinajstić information content (AvgIpc) is 2.56. The van der Waals surface area contributed by atoms with Crippen LogP contribution in [0.25, 0.3) is 0 Å². The maximum Gasteiger partial charge on any atom is 0.242 e. The van der Waals surface area contributed by atoms with E-state index < -0.39 is 27.8 Å². The van der Waals surface area contributed by atoms with Crippen LogP contribution >= 0.6 is 0 Å². The molecule has 0 aliphatic carbocycles. The van der Waals surface area contributed by atoms with E-state index in [1.165, 1.54) is 56.5 Å². The summed E-state index contributed by atoms with van der Waals surface area (Å²) in [6, 6.07) is 10.3. The Morgan fingerprint density at radius 2 is 1.75 bits per heavy atom. The largest absolute Gasteiger partial charge is 0.497 e. The van der Waals surface area contributed by atoms with Gasteiger partial charge in [0.05, 0.1) is 23.7 Å². The van der Waals surface area contributed by atoms with Gasteiger partial charge in [0.2, 0.25) is 15.9 Å². The van der Waals surface area contributed by atoms with Gasteiger partial charge in [0.15, 0.2) is 0 Å². The number of methoxy groups -OCH3 is 1. The van der Waals surface area contributed by atoms with Crippen molar-refractivity contribution in [1.82, 2.24) is 4.72 Å². The van der Waals surface area contributed by atoms with Crippen molar-refractivity contribution in [3.05, 3.63) is 54.3 Å². The molecule has 0 bridgehead atoms. The second-order valence-electron chi connectivity index (χ2n) is 4.99. The van der Waals surface area contributed by atoms with Gasteiger partial charge in [-0.2, -0.15) is 4.72 Å². The maximum atomic E-state index is 13.5. The Bertz CT molecular complexity index is 822. The second kappa shape index (κ2) is 7.41. The molecule has 0 aliphatic heterocycles. The minimum Gasteiger partial charge on any atom is -0.497 e. The van der Waals surface area contributed by atoms with Gasteiger partial charge >= 0.3 is 0 Å². The number of sulfonamides is 1. The molecule has 128 valence electrons. The third kappa shape index (κ3) is 4.30. The first-order valence-electron chi connectivity index (χ1n) is 7.05. The Morgan fingerprint density at radius 3 is 2.33 bits per heavy atom. The second-order valence-corrected chi connectivity index (χ2v) is 6.70. The van der Waals surface area contributed by atoms with Crippen molar-refractivity contribution in [3.63, 3.8) is 0 Å². The molecule has 0 unspecified atom stereocenters. The van der Waals surface area contributed by atoms with E-state index in [0.29, 0.717) is 5.75 Å². The van der Waals surface area contributed by atoms with Crippen LogP contribution in [0, 0.1) is 5.82 Å². The number of benzene rings is 2.